The summed E-state index contributed by atoms with van der Waals surface area (Å²) in [6, 6.07) is 2.42. The fraction of sp³-hybridized carbons (Fsp3) is 0.600. The normalized spacial score (nSPS) is 24.0. The monoisotopic (exact) mass is 394 g/mol. The molecule has 3 rings (SSSR count). The van der Waals surface area contributed by atoms with Crippen LogP contribution < -0.4 is 16.0 Å². The van der Waals surface area contributed by atoms with E-state index in [4.69, 9.17) is 0 Å². The first-order valence-electron chi connectivity index (χ1n) is 9.95. The number of likely N-dealkylation sites (tertiary alicyclic amines) is 1. The number of rotatable bonds is 6. The molecule has 1 aromatic rings. The number of hydrogen-bond acceptors (Lipinski definition) is 4. The Balaban J connectivity index is 1.50. The largest absolute Gasteiger partial charge is 0.354 e. The maximum Gasteiger partial charge on any atom is 0.241 e. The molecule has 28 heavy (non-hydrogen) atoms. The maximum absolute atomic E-state index is 13.8. The molecule has 0 bridgehead atoms. The fourth-order valence-corrected chi connectivity index (χ4v) is 3.89. The molecule has 154 valence electrons. The molecule has 0 saturated carbocycles. The number of hydrogen-bond donors (Lipinski definition) is 3. The summed E-state index contributed by atoms with van der Waals surface area (Å²) in [5.74, 6) is -1.33. The van der Waals surface area contributed by atoms with Crippen molar-refractivity contribution in [3.63, 3.8) is 0 Å². The number of nitrogens with one attached hydrogen (secondary N) is 3. The van der Waals surface area contributed by atoms with Gasteiger partial charge in [-0.2, -0.15) is 0 Å². The number of carbonyl (C=O) groups is 2. The lowest BCUT2D eigenvalue weighted by Crippen LogP contribution is -2.50. The Labute approximate surface area is 164 Å². The SMILES string of the molecule is CC(C(=O)Nc1cc(F)ccc1F)N1CCCC(CNC(=O)C2CCCN2)C1. The predicted molar refractivity (Wildman–Crippen MR) is 103 cm³/mol. The quantitative estimate of drug-likeness (QED) is 0.689. The van der Waals surface area contributed by atoms with Crippen LogP contribution >= 0.6 is 0 Å². The number of carbonyl (C=O) groups excluding carboxylic acids is 2. The van der Waals surface area contributed by atoms with Crippen LogP contribution in [0.4, 0.5) is 14.5 Å². The van der Waals surface area contributed by atoms with E-state index >= 15 is 0 Å². The standard InChI is InChI=1S/C20H28F2N4O2/c1-13(19(27)25-18-10-15(21)6-7-16(18)22)26-9-3-4-14(12-26)11-24-20(28)17-5-2-8-23-17/h6-7,10,13-14,17,23H,2-5,8-9,11-12H2,1H3,(H,24,28)(H,25,27). The average Bonchev–Trinajstić information content (AvgIpc) is 3.23. The number of halogens is 2. The van der Waals surface area contributed by atoms with Crippen molar-refractivity contribution in [3.8, 4) is 0 Å². The fourth-order valence-electron chi connectivity index (χ4n) is 3.89. The van der Waals surface area contributed by atoms with E-state index in [1.807, 2.05) is 4.90 Å². The minimum absolute atomic E-state index is 0.0435. The van der Waals surface area contributed by atoms with E-state index in [0.717, 1.165) is 57.0 Å². The van der Waals surface area contributed by atoms with Crippen LogP contribution in [0.25, 0.3) is 0 Å². The molecular weight excluding hydrogens is 366 g/mol. The van der Waals surface area contributed by atoms with Gasteiger partial charge in [-0.15, -0.1) is 0 Å². The van der Waals surface area contributed by atoms with Gasteiger partial charge >= 0.3 is 0 Å². The summed E-state index contributed by atoms with van der Waals surface area (Å²) in [6.07, 6.45) is 3.81. The van der Waals surface area contributed by atoms with Crippen LogP contribution in [0.2, 0.25) is 0 Å². The number of amides is 2. The highest BCUT2D eigenvalue weighted by Gasteiger charge is 2.29. The second-order valence-corrected chi connectivity index (χ2v) is 7.69. The number of nitrogens with zero attached hydrogens (tertiary/aromatic N) is 1. The molecule has 0 spiro atoms. The molecule has 2 saturated heterocycles. The van der Waals surface area contributed by atoms with Crippen molar-refractivity contribution in [1.29, 1.82) is 0 Å². The molecule has 3 unspecified atom stereocenters. The molecule has 2 aliphatic rings. The van der Waals surface area contributed by atoms with Crippen molar-refractivity contribution in [2.45, 2.75) is 44.7 Å². The van der Waals surface area contributed by atoms with Crippen LogP contribution in [0.15, 0.2) is 18.2 Å². The second-order valence-electron chi connectivity index (χ2n) is 7.69. The van der Waals surface area contributed by atoms with E-state index in [1.54, 1.807) is 6.92 Å². The van der Waals surface area contributed by atoms with Crippen LogP contribution in [-0.4, -0.2) is 55.0 Å². The van der Waals surface area contributed by atoms with Crippen LogP contribution in [0.5, 0.6) is 0 Å². The van der Waals surface area contributed by atoms with Gasteiger partial charge in [0.05, 0.1) is 17.8 Å². The highest BCUT2D eigenvalue weighted by Crippen LogP contribution is 2.20. The van der Waals surface area contributed by atoms with Gasteiger partial charge < -0.3 is 16.0 Å². The molecule has 3 atom stereocenters. The Hall–Kier alpha value is -2.06. The van der Waals surface area contributed by atoms with E-state index in [-0.39, 0.29) is 29.5 Å². The van der Waals surface area contributed by atoms with Crippen molar-refractivity contribution in [2.75, 3.05) is 31.5 Å². The van der Waals surface area contributed by atoms with E-state index in [9.17, 15) is 18.4 Å². The third-order valence-electron chi connectivity index (χ3n) is 5.61. The lowest BCUT2D eigenvalue weighted by molar-refractivity contribution is -0.124. The third-order valence-corrected chi connectivity index (χ3v) is 5.61. The predicted octanol–water partition coefficient (Wildman–Crippen LogP) is 1.87. The highest BCUT2D eigenvalue weighted by molar-refractivity contribution is 5.94. The van der Waals surface area contributed by atoms with Gasteiger partial charge in [-0.1, -0.05) is 0 Å². The van der Waals surface area contributed by atoms with Gasteiger partial charge in [-0.3, -0.25) is 14.5 Å². The Morgan fingerprint density at radius 2 is 2.11 bits per heavy atom. The second kappa shape index (κ2) is 9.43. The van der Waals surface area contributed by atoms with Crippen molar-refractivity contribution in [2.24, 2.45) is 5.92 Å². The number of benzene rings is 1. The minimum atomic E-state index is -0.665. The molecule has 0 aliphatic carbocycles. The van der Waals surface area contributed by atoms with Crippen molar-refractivity contribution >= 4 is 17.5 Å². The van der Waals surface area contributed by atoms with Crippen LogP contribution in [0.3, 0.4) is 0 Å². The van der Waals surface area contributed by atoms with Crippen molar-refractivity contribution in [3.05, 3.63) is 29.8 Å². The van der Waals surface area contributed by atoms with Gasteiger partial charge in [0.2, 0.25) is 11.8 Å². The van der Waals surface area contributed by atoms with Gasteiger partial charge in [0, 0.05) is 19.2 Å². The Bertz CT molecular complexity index is 709. The van der Waals surface area contributed by atoms with E-state index < -0.39 is 17.7 Å². The topological polar surface area (TPSA) is 73.5 Å². The molecule has 6 nitrogen and oxygen atoms in total. The van der Waals surface area contributed by atoms with Gasteiger partial charge in [0.15, 0.2) is 0 Å². The van der Waals surface area contributed by atoms with E-state index in [1.165, 1.54) is 0 Å². The lowest BCUT2D eigenvalue weighted by Gasteiger charge is -2.36. The Kier molecular flexibility index (Phi) is 6.96. The van der Waals surface area contributed by atoms with Gasteiger partial charge in [0.25, 0.3) is 0 Å². The molecular formula is C20H28F2N4O2. The van der Waals surface area contributed by atoms with Crippen molar-refractivity contribution < 1.29 is 18.4 Å². The van der Waals surface area contributed by atoms with Crippen molar-refractivity contribution in [1.82, 2.24) is 15.5 Å². The van der Waals surface area contributed by atoms with Crippen LogP contribution in [0.1, 0.15) is 32.6 Å². The van der Waals surface area contributed by atoms with Crippen LogP contribution in [-0.2, 0) is 9.59 Å². The molecule has 8 heteroatoms. The molecule has 2 amide bonds. The Morgan fingerprint density at radius 1 is 1.29 bits per heavy atom. The summed E-state index contributed by atoms with van der Waals surface area (Å²) < 4.78 is 27.1. The molecule has 0 radical (unpaired) electrons. The summed E-state index contributed by atoms with van der Waals surface area (Å²) in [5, 5.41) is 8.68. The van der Waals surface area contributed by atoms with E-state index in [2.05, 4.69) is 16.0 Å². The lowest BCUT2D eigenvalue weighted by atomic mass is 9.96. The zero-order chi connectivity index (χ0) is 20.1. The summed E-state index contributed by atoms with van der Waals surface area (Å²) in [4.78, 5) is 26.7. The zero-order valence-corrected chi connectivity index (χ0v) is 16.1. The van der Waals surface area contributed by atoms with Gasteiger partial charge in [-0.05, 0) is 63.7 Å². The van der Waals surface area contributed by atoms with Gasteiger partial charge in [0.1, 0.15) is 11.6 Å². The molecule has 2 fully saturated rings. The minimum Gasteiger partial charge on any atom is -0.354 e. The number of piperidine rings is 1. The molecule has 2 aliphatic heterocycles. The molecule has 3 N–H and O–H groups in total. The Morgan fingerprint density at radius 3 is 2.86 bits per heavy atom. The summed E-state index contributed by atoms with van der Waals surface area (Å²) in [5.41, 5.74) is -0.151. The third kappa shape index (κ3) is 5.26. The number of anilines is 1. The molecule has 1 aromatic carbocycles. The summed E-state index contributed by atoms with van der Waals surface area (Å²) in [6.45, 7) is 4.66. The van der Waals surface area contributed by atoms with Gasteiger partial charge in [-0.25, -0.2) is 8.78 Å². The average molecular weight is 394 g/mol. The molecule has 2 heterocycles. The highest BCUT2D eigenvalue weighted by atomic mass is 19.1. The summed E-state index contributed by atoms with van der Waals surface area (Å²) in [7, 11) is 0. The first-order chi connectivity index (χ1) is 13.4. The van der Waals surface area contributed by atoms with Crippen LogP contribution in [0, 0.1) is 17.6 Å². The summed E-state index contributed by atoms with van der Waals surface area (Å²) >= 11 is 0. The first-order valence-corrected chi connectivity index (χ1v) is 9.95. The maximum atomic E-state index is 13.8. The smallest absolute Gasteiger partial charge is 0.241 e. The molecule has 0 aromatic heterocycles. The zero-order valence-electron chi connectivity index (χ0n) is 16.1. The van der Waals surface area contributed by atoms with E-state index in [0.29, 0.717) is 13.1 Å². The first kappa shape index (κ1) is 20.7.